The van der Waals surface area contributed by atoms with E-state index in [2.05, 4.69) is 10.5 Å². The first-order valence-corrected chi connectivity index (χ1v) is 9.57. The highest BCUT2D eigenvalue weighted by molar-refractivity contribution is 6.30. The van der Waals surface area contributed by atoms with Crippen LogP contribution in [-0.4, -0.2) is 11.1 Å². The number of nitrogens with zero attached hydrogens (tertiary/aromatic N) is 1. The first-order chi connectivity index (χ1) is 14.1. The number of benzene rings is 3. The Labute approximate surface area is 173 Å². The zero-order chi connectivity index (χ0) is 20.2. The van der Waals surface area contributed by atoms with Crippen molar-refractivity contribution in [3.63, 3.8) is 0 Å². The second-order valence-corrected chi connectivity index (χ2v) is 7.23. The molecule has 0 fully saturated rings. The number of fused-ring (bicyclic) bond motifs is 1. The van der Waals surface area contributed by atoms with Crippen molar-refractivity contribution in [2.75, 3.05) is 5.32 Å². The van der Waals surface area contributed by atoms with Crippen LogP contribution in [0, 0.1) is 6.92 Å². The van der Waals surface area contributed by atoms with Gasteiger partial charge in [0.2, 0.25) is 5.91 Å². The lowest BCUT2D eigenvalue weighted by Gasteiger charge is -2.08. The lowest BCUT2D eigenvalue weighted by atomic mass is 10.1. The van der Waals surface area contributed by atoms with Gasteiger partial charge >= 0.3 is 0 Å². The molecule has 0 atom stereocenters. The molecule has 4 aromatic rings. The topological polar surface area (TPSA) is 64.4 Å². The van der Waals surface area contributed by atoms with E-state index in [1.165, 1.54) is 0 Å². The molecule has 0 aliphatic rings. The summed E-state index contributed by atoms with van der Waals surface area (Å²) in [6, 6.07) is 20.5. The summed E-state index contributed by atoms with van der Waals surface area (Å²) < 4.78 is 11.0. The highest BCUT2D eigenvalue weighted by atomic mass is 35.5. The molecular formula is C23H19ClN2O3. The van der Waals surface area contributed by atoms with E-state index in [1.807, 2.05) is 61.5 Å². The molecule has 0 spiro atoms. The molecule has 5 nitrogen and oxygen atoms in total. The number of hydrogen-bond acceptors (Lipinski definition) is 4. The molecule has 1 N–H and O–H groups in total. The lowest BCUT2D eigenvalue weighted by Crippen LogP contribution is -2.14. The Morgan fingerprint density at radius 3 is 2.59 bits per heavy atom. The molecule has 6 heteroatoms. The maximum Gasteiger partial charge on any atom is 0.230 e. The van der Waals surface area contributed by atoms with Gasteiger partial charge in [-0.15, -0.1) is 0 Å². The molecule has 0 bridgehead atoms. The van der Waals surface area contributed by atoms with Crippen LogP contribution in [0.3, 0.4) is 0 Å². The van der Waals surface area contributed by atoms with Gasteiger partial charge in [0.05, 0.1) is 6.42 Å². The van der Waals surface area contributed by atoms with E-state index in [4.69, 9.17) is 20.9 Å². The minimum Gasteiger partial charge on any atom is -0.489 e. The van der Waals surface area contributed by atoms with Crippen LogP contribution < -0.4 is 10.1 Å². The quantitative estimate of drug-likeness (QED) is 0.456. The van der Waals surface area contributed by atoms with Gasteiger partial charge in [-0.25, -0.2) is 0 Å². The van der Waals surface area contributed by atoms with Crippen molar-refractivity contribution < 1.29 is 14.1 Å². The van der Waals surface area contributed by atoms with Crippen LogP contribution in [0.15, 0.2) is 71.3 Å². The molecule has 1 heterocycles. The summed E-state index contributed by atoms with van der Waals surface area (Å²) in [6.07, 6.45) is 0.144. The number of halogens is 1. The molecule has 0 aliphatic heterocycles. The Bertz CT molecular complexity index is 1140. The van der Waals surface area contributed by atoms with E-state index in [9.17, 15) is 4.79 Å². The van der Waals surface area contributed by atoms with E-state index in [-0.39, 0.29) is 12.3 Å². The molecule has 1 amide bonds. The third kappa shape index (κ3) is 4.76. The van der Waals surface area contributed by atoms with Crippen LogP contribution in [0.1, 0.15) is 16.8 Å². The molecule has 0 saturated carbocycles. The molecule has 0 saturated heterocycles. The second kappa shape index (κ2) is 8.37. The van der Waals surface area contributed by atoms with Gasteiger partial charge in [0.25, 0.3) is 0 Å². The molecule has 0 radical (unpaired) electrons. The van der Waals surface area contributed by atoms with Crippen LogP contribution in [-0.2, 0) is 17.8 Å². The summed E-state index contributed by atoms with van der Waals surface area (Å²) in [4.78, 5) is 12.4. The van der Waals surface area contributed by atoms with Crippen molar-refractivity contribution in [3.8, 4) is 5.75 Å². The predicted molar refractivity (Wildman–Crippen MR) is 113 cm³/mol. The van der Waals surface area contributed by atoms with Gasteiger partial charge in [-0.3, -0.25) is 4.79 Å². The van der Waals surface area contributed by atoms with Crippen molar-refractivity contribution >= 4 is 34.2 Å². The average Bonchev–Trinajstić information content (AvgIpc) is 3.10. The molecule has 0 aliphatic carbocycles. The van der Waals surface area contributed by atoms with Crippen LogP contribution in [0.5, 0.6) is 5.75 Å². The third-order valence-electron chi connectivity index (χ3n) is 4.48. The summed E-state index contributed by atoms with van der Waals surface area (Å²) in [5, 5.41) is 8.47. The largest absolute Gasteiger partial charge is 0.489 e. The van der Waals surface area contributed by atoms with Crippen LogP contribution in [0.4, 0.5) is 5.69 Å². The minimum absolute atomic E-state index is 0.144. The van der Waals surface area contributed by atoms with Crippen molar-refractivity contribution in [1.82, 2.24) is 5.16 Å². The zero-order valence-electron chi connectivity index (χ0n) is 15.8. The predicted octanol–water partition coefficient (Wildman–Crippen LogP) is 5.55. The van der Waals surface area contributed by atoms with Gasteiger partial charge in [0, 0.05) is 16.1 Å². The second-order valence-electron chi connectivity index (χ2n) is 6.79. The first kappa shape index (κ1) is 19.0. The molecule has 146 valence electrons. The van der Waals surface area contributed by atoms with Gasteiger partial charge in [-0.1, -0.05) is 40.5 Å². The highest BCUT2D eigenvalue weighted by Gasteiger charge is 2.13. The fourth-order valence-corrected chi connectivity index (χ4v) is 3.09. The van der Waals surface area contributed by atoms with Gasteiger partial charge in [-0.2, -0.15) is 0 Å². The Morgan fingerprint density at radius 2 is 1.83 bits per heavy atom. The van der Waals surface area contributed by atoms with E-state index in [1.54, 1.807) is 12.1 Å². The van der Waals surface area contributed by atoms with Crippen LogP contribution >= 0.6 is 11.6 Å². The monoisotopic (exact) mass is 406 g/mol. The Hall–Kier alpha value is -3.31. The zero-order valence-corrected chi connectivity index (χ0v) is 16.6. The number of aryl methyl sites for hydroxylation is 1. The highest BCUT2D eigenvalue weighted by Crippen LogP contribution is 2.21. The van der Waals surface area contributed by atoms with E-state index in [0.717, 1.165) is 22.3 Å². The molecular weight excluding hydrogens is 388 g/mol. The SMILES string of the molecule is Cc1ccc2onc(CC(=O)Nc3ccc(OCc4ccc(Cl)cc4)cc3)c2c1. The lowest BCUT2D eigenvalue weighted by molar-refractivity contribution is -0.115. The number of ether oxygens (including phenoxy) is 1. The number of rotatable bonds is 6. The van der Waals surface area contributed by atoms with E-state index >= 15 is 0 Å². The maximum absolute atomic E-state index is 12.4. The minimum atomic E-state index is -0.156. The normalized spacial score (nSPS) is 10.8. The van der Waals surface area contributed by atoms with Gasteiger partial charge < -0.3 is 14.6 Å². The van der Waals surface area contributed by atoms with E-state index < -0.39 is 0 Å². The molecule has 4 rings (SSSR count). The fourth-order valence-electron chi connectivity index (χ4n) is 2.97. The number of carbonyl (C=O) groups excluding carboxylic acids is 1. The summed E-state index contributed by atoms with van der Waals surface area (Å²) >= 11 is 5.88. The fraction of sp³-hybridized carbons (Fsp3) is 0.130. The van der Waals surface area contributed by atoms with Crippen molar-refractivity contribution in [2.24, 2.45) is 0 Å². The van der Waals surface area contributed by atoms with Crippen molar-refractivity contribution in [2.45, 2.75) is 20.0 Å². The number of anilines is 1. The number of nitrogens with one attached hydrogen (secondary N) is 1. The third-order valence-corrected chi connectivity index (χ3v) is 4.74. The Balaban J connectivity index is 1.34. The summed E-state index contributed by atoms with van der Waals surface area (Å²) in [6.45, 7) is 2.44. The molecule has 3 aromatic carbocycles. The Morgan fingerprint density at radius 1 is 1.07 bits per heavy atom. The van der Waals surface area contributed by atoms with Crippen molar-refractivity contribution in [1.29, 1.82) is 0 Å². The number of aromatic nitrogens is 1. The van der Waals surface area contributed by atoms with Gasteiger partial charge in [0.15, 0.2) is 5.58 Å². The summed E-state index contributed by atoms with van der Waals surface area (Å²) in [5.74, 6) is 0.562. The summed E-state index contributed by atoms with van der Waals surface area (Å²) in [5.41, 5.74) is 4.13. The number of hydrogen-bond donors (Lipinski definition) is 1. The molecule has 1 aromatic heterocycles. The first-order valence-electron chi connectivity index (χ1n) is 9.19. The standard InChI is InChI=1S/C23H19ClN2O3/c1-15-2-11-22-20(12-15)21(26-29-22)13-23(27)25-18-7-9-19(10-8-18)28-14-16-3-5-17(24)6-4-16/h2-12H,13-14H2,1H3,(H,25,27). The number of carbonyl (C=O) groups is 1. The molecule has 29 heavy (non-hydrogen) atoms. The van der Waals surface area contributed by atoms with Gasteiger partial charge in [0.1, 0.15) is 18.1 Å². The smallest absolute Gasteiger partial charge is 0.230 e. The van der Waals surface area contributed by atoms with Crippen LogP contribution in [0.25, 0.3) is 11.0 Å². The van der Waals surface area contributed by atoms with Crippen molar-refractivity contribution in [3.05, 3.63) is 88.6 Å². The maximum atomic E-state index is 12.4. The summed E-state index contributed by atoms with van der Waals surface area (Å²) in [7, 11) is 0. The average molecular weight is 407 g/mol. The van der Waals surface area contributed by atoms with Crippen LogP contribution in [0.2, 0.25) is 5.02 Å². The Kier molecular flexibility index (Phi) is 5.49. The number of amides is 1. The van der Waals surface area contributed by atoms with Gasteiger partial charge in [-0.05, 0) is 61.0 Å². The molecule has 0 unspecified atom stereocenters. The van der Waals surface area contributed by atoms with E-state index in [0.29, 0.717) is 28.6 Å².